The Hall–Kier alpha value is -0.830. The Morgan fingerprint density at radius 1 is 1.58 bits per heavy atom. The summed E-state index contributed by atoms with van der Waals surface area (Å²) >= 11 is 0. The van der Waals surface area contributed by atoms with Crippen molar-refractivity contribution in [2.45, 2.75) is 64.9 Å². The molecule has 0 aromatic rings. The topological polar surface area (TPSA) is 46.5 Å². The lowest BCUT2D eigenvalue weighted by Crippen LogP contribution is -2.56. The molecule has 1 saturated carbocycles. The van der Waals surface area contributed by atoms with E-state index in [1.165, 1.54) is 0 Å². The van der Waals surface area contributed by atoms with E-state index in [2.05, 4.69) is 6.58 Å². The molecular formula is C16H28O3. The van der Waals surface area contributed by atoms with E-state index in [9.17, 15) is 9.90 Å². The Bertz CT molecular complexity index is 326. The van der Waals surface area contributed by atoms with Crippen molar-refractivity contribution in [1.82, 2.24) is 0 Å². The summed E-state index contributed by atoms with van der Waals surface area (Å²) in [6, 6.07) is 0. The number of hydrogen-bond acceptors (Lipinski definition) is 3. The first-order chi connectivity index (χ1) is 8.89. The Morgan fingerprint density at radius 2 is 2.26 bits per heavy atom. The van der Waals surface area contributed by atoms with Crippen molar-refractivity contribution in [2.75, 3.05) is 6.61 Å². The smallest absolute Gasteiger partial charge is 0.305 e. The maximum absolute atomic E-state index is 11.6. The van der Waals surface area contributed by atoms with Gasteiger partial charge in [-0.15, -0.1) is 6.58 Å². The normalized spacial score (nSPS) is 34.8. The summed E-state index contributed by atoms with van der Waals surface area (Å²) in [6.45, 7) is 10.0. The average molecular weight is 268 g/mol. The quantitative estimate of drug-likeness (QED) is 0.592. The highest BCUT2D eigenvalue weighted by Gasteiger charge is 2.51. The first kappa shape index (κ1) is 16.2. The predicted octanol–water partition coefficient (Wildman–Crippen LogP) is 3.46. The number of aliphatic hydroxyl groups is 1. The molecule has 0 saturated heterocycles. The van der Waals surface area contributed by atoms with Crippen LogP contribution in [-0.2, 0) is 9.53 Å². The lowest BCUT2D eigenvalue weighted by atomic mass is 9.60. The van der Waals surface area contributed by atoms with E-state index < -0.39 is 5.60 Å². The van der Waals surface area contributed by atoms with Crippen molar-refractivity contribution < 1.29 is 14.6 Å². The van der Waals surface area contributed by atoms with E-state index >= 15 is 0 Å². The summed E-state index contributed by atoms with van der Waals surface area (Å²) in [5, 5.41) is 11.0. The van der Waals surface area contributed by atoms with Crippen LogP contribution in [0.15, 0.2) is 12.7 Å². The molecule has 1 fully saturated rings. The maximum atomic E-state index is 11.6. The molecule has 3 heteroatoms. The summed E-state index contributed by atoms with van der Waals surface area (Å²) in [4.78, 5) is 11.6. The Labute approximate surface area is 117 Å². The third kappa shape index (κ3) is 3.38. The molecule has 3 atom stereocenters. The van der Waals surface area contributed by atoms with Crippen LogP contribution < -0.4 is 0 Å². The molecule has 0 aromatic carbocycles. The van der Waals surface area contributed by atoms with Crippen LogP contribution in [0.3, 0.4) is 0 Å². The molecule has 1 aliphatic rings. The molecular weight excluding hydrogens is 240 g/mol. The Balaban J connectivity index is 2.69. The lowest BCUT2D eigenvalue weighted by molar-refractivity contribution is -0.176. The number of esters is 1. The van der Waals surface area contributed by atoms with Gasteiger partial charge in [0.25, 0.3) is 0 Å². The van der Waals surface area contributed by atoms with Crippen LogP contribution in [0.4, 0.5) is 0 Å². The van der Waals surface area contributed by atoms with Crippen molar-refractivity contribution in [2.24, 2.45) is 11.3 Å². The van der Waals surface area contributed by atoms with Crippen molar-refractivity contribution in [3.63, 3.8) is 0 Å². The predicted molar refractivity (Wildman–Crippen MR) is 76.8 cm³/mol. The minimum Gasteiger partial charge on any atom is -0.463 e. The zero-order valence-electron chi connectivity index (χ0n) is 12.6. The van der Waals surface area contributed by atoms with Crippen LogP contribution in [-0.4, -0.2) is 23.3 Å². The molecule has 0 amide bonds. The second-order valence-electron chi connectivity index (χ2n) is 6.10. The van der Waals surface area contributed by atoms with Gasteiger partial charge in [0.15, 0.2) is 0 Å². The van der Waals surface area contributed by atoms with Crippen LogP contribution >= 0.6 is 0 Å². The third-order valence-electron chi connectivity index (χ3n) is 4.78. The summed E-state index contributed by atoms with van der Waals surface area (Å²) in [5.74, 6) is -0.0947. The highest BCUT2D eigenvalue weighted by molar-refractivity contribution is 5.69. The number of rotatable bonds is 6. The van der Waals surface area contributed by atoms with Crippen LogP contribution in [0.25, 0.3) is 0 Å². The molecule has 1 aliphatic carbocycles. The molecule has 1 rings (SSSR count). The standard InChI is InChI=1S/C16H28O3/c1-5-7-10-14(17)19-12-16(18)13(3)9-8-11-15(16,4)6-2/h6,13,18H,2,5,7-12H2,1,3-4H3/t13-,15-,16+/m1/s1. The monoisotopic (exact) mass is 268 g/mol. The van der Waals surface area contributed by atoms with Gasteiger partial charge < -0.3 is 9.84 Å². The molecule has 0 spiro atoms. The van der Waals surface area contributed by atoms with Crippen LogP contribution in [0.5, 0.6) is 0 Å². The molecule has 0 heterocycles. The van der Waals surface area contributed by atoms with Gasteiger partial charge in [0, 0.05) is 11.8 Å². The van der Waals surface area contributed by atoms with Crippen molar-refractivity contribution >= 4 is 5.97 Å². The molecule has 0 bridgehead atoms. The van der Waals surface area contributed by atoms with Crippen LogP contribution in [0.2, 0.25) is 0 Å². The molecule has 110 valence electrons. The number of hydrogen-bond donors (Lipinski definition) is 1. The van der Waals surface area contributed by atoms with Gasteiger partial charge in [0.2, 0.25) is 0 Å². The fourth-order valence-corrected chi connectivity index (χ4v) is 2.96. The summed E-state index contributed by atoms with van der Waals surface area (Å²) in [7, 11) is 0. The molecule has 0 aliphatic heterocycles. The molecule has 0 aromatic heterocycles. The zero-order valence-corrected chi connectivity index (χ0v) is 12.6. The molecule has 19 heavy (non-hydrogen) atoms. The van der Waals surface area contributed by atoms with Crippen molar-refractivity contribution in [3.05, 3.63) is 12.7 Å². The van der Waals surface area contributed by atoms with E-state index in [0.29, 0.717) is 6.42 Å². The number of unbranched alkanes of at least 4 members (excludes halogenated alkanes) is 1. The highest BCUT2D eigenvalue weighted by Crippen LogP contribution is 2.48. The summed E-state index contributed by atoms with van der Waals surface area (Å²) in [5.41, 5.74) is -1.37. The van der Waals surface area contributed by atoms with Gasteiger partial charge in [-0.25, -0.2) is 0 Å². The van der Waals surface area contributed by atoms with Gasteiger partial charge in [-0.2, -0.15) is 0 Å². The van der Waals surface area contributed by atoms with Gasteiger partial charge in [-0.05, 0) is 25.2 Å². The van der Waals surface area contributed by atoms with E-state index in [0.717, 1.165) is 32.1 Å². The second kappa shape index (κ2) is 6.56. The van der Waals surface area contributed by atoms with Crippen LogP contribution in [0.1, 0.15) is 59.3 Å². The molecule has 1 N–H and O–H groups in total. The molecule has 0 unspecified atom stereocenters. The van der Waals surface area contributed by atoms with Crippen molar-refractivity contribution in [1.29, 1.82) is 0 Å². The van der Waals surface area contributed by atoms with Crippen LogP contribution in [0, 0.1) is 11.3 Å². The van der Waals surface area contributed by atoms with Gasteiger partial charge in [0.05, 0.1) is 0 Å². The Morgan fingerprint density at radius 3 is 2.84 bits per heavy atom. The van der Waals surface area contributed by atoms with Gasteiger partial charge in [0.1, 0.15) is 12.2 Å². The maximum Gasteiger partial charge on any atom is 0.305 e. The summed E-state index contributed by atoms with van der Waals surface area (Å²) < 4.78 is 5.32. The Kier molecular flexibility index (Phi) is 5.60. The SMILES string of the molecule is C=C[C@]1(C)CCC[C@@H](C)[C@@]1(O)COC(=O)CCCC. The fraction of sp³-hybridized carbons (Fsp3) is 0.812. The van der Waals surface area contributed by atoms with E-state index in [-0.39, 0.29) is 23.9 Å². The fourth-order valence-electron chi connectivity index (χ4n) is 2.96. The second-order valence-corrected chi connectivity index (χ2v) is 6.10. The molecule has 3 nitrogen and oxygen atoms in total. The largest absolute Gasteiger partial charge is 0.463 e. The highest BCUT2D eigenvalue weighted by atomic mass is 16.5. The van der Waals surface area contributed by atoms with Crippen molar-refractivity contribution in [3.8, 4) is 0 Å². The average Bonchev–Trinajstić information content (AvgIpc) is 2.40. The van der Waals surface area contributed by atoms with E-state index in [4.69, 9.17) is 4.74 Å². The van der Waals surface area contributed by atoms with E-state index in [1.807, 2.05) is 26.8 Å². The number of carbonyl (C=O) groups excluding carboxylic acids is 1. The van der Waals surface area contributed by atoms with Gasteiger partial charge in [-0.3, -0.25) is 4.79 Å². The number of carbonyl (C=O) groups is 1. The minimum absolute atomic E-state index is 0.0826. The molecule has 0 radical (unpaired) electrons. The first-order valence-electron chi connectivity index (χ1n) is 7.41. The van der Waals surface area contributed by atoms with Gasteiger partial charge >= 0.3 is 5.97 Å². The van der Waals surface area contributed by atoms with E-state index in [1.54, 1.807) is 0 Å². The first-order valence-corrected chi connectivity index (χ1v) is 7.41. The lowest BCUT2D eigenvalue weighted by Gasteiger charge is -2.50. The van der Waals surface area contributed by atoms with Gasteiger partial charge in [-0.1, -0.05) is 39.7 Å². The summed E-state index contributed by atoms with van der Waals surface area (Å²) in [6.07, 6.45) is 7.01. The zero-order chi connectivity index (χ0) is 14.5. The number of ether oxygens (including phenoxy) is 1. The minimum atomic E-state index is -0.991. The third-order valence-corrected chi connectivity index (χ3v) is 4.78.